The first kappa shape index (κ1) is 22.7. The molecule has 0 radical (unpaired) electrons. The normalized spacial score (nSPS) is 15.1. The van der Waals surface area contributed by atoms with Gasteiger partial charge in [-0.1, -0.05) is 36.8 Å². The van der Waals surface area contributed by atoms with Crippen molar-refractivity contribution in [1.29, 1.82) is 0 Å². The zero-order valence-electron chi connectivity index (χ0n) is 16.8. The van der Waals surface area contributed by atoms with Crippen LogP contribution >= 0.6 is 24.0 Å². The zero-order valence-corrected chi connectivity index (χ0v) is 19.1. The molecule has 1 fully saturated rings. The number of piperidine rings is 1. The molecule has 1 aromatic carbocycles. The molecule has 1 aliphatic heterocycles. The zero-order chi connectivity index (χ0) is 18.7. The standard InChI is InChI=1S/C21H32N6.HI/c1-22-21(25-12-16-26-14-6-3-7-15-26)24-11-10-20-23-13-17-27(20)18-19-8-4-2-5-9-19;/h2,4-5,8-9,13,17H,3,6-7,10-12,14-16,18H2,1H3,(H2,22,24,25);1H. The van der Waals surface area contributed by atoms with Crippen molar-refractivity contribution in [2.24, 2.45) is 4.99 Å². The summed E-state index contributed by atoms with van der Waals surface area (Å²) in [7, 11) is 1.83. The van der Waals surface area contributed by atoms with Crippen molar-refractivity contribution in [3.05, 3.63) is 54.1 Å². The van der Waals surface area contributed by atoms with Gasteiger partial charge in [-0.25, -0.2) is 4.98 Å². The average molecular weight is 496 g/mol. The molecule has 0 spiro atoms. The molecule has 1 aromatic heterocycles. The highest BCUT2D eigenvalue weighted by atomic mass is 127. The largest absolute Gasteiger partial charge is 0.356 e. The number of hydrogen-bond donors (Lipinski definition) is 2. The molecule has 2 aromatic rings. The van der Waals surface area contributed by atoms with Crippen molar-refractivity contribution in [2.45, 2.75) is 32.2 Å². The minimum absolute atomic E-state index is 0. The Labute approximate surface area is 185 Å². The fraction of sp³-hybridized carbons (Fsp3) is 0.524. The summed E-state index contributed by atoms with van der Waals surface area (Å²) in [6, 6.07) is 10.5. The number of aromatic nitrogens is 2. The highest BCUT2D eigenvalue weighted by molar-refractivity contribution is 14.0. The van der Waals surface area contributed by atoms with E-state index in [2.05, 4.69) is 54.3 Å². The number of likely N-dealkylation sites (tertiary alicyclic amines) is 1. The predicted molar refractivity (Wildman–Crippen MR) is 127 cm³/mol. The summed E-state index contributed by atoms with van der Waals surface area (Å²) in [6.07, 6.45) is 8.85. The van der Waals surface area contributed by atoms with Crippen LogP contribution in [0.4, 0.5) is 0 Å². The van der Waals surface area contributed by atoms with E-state index in [1.54, 1.807) is 0 Å². The van der Waals surface area contributed by atoms with Crippen LogP contribution in [0.1, 0.15) is 30.7 Å². The summed E-state index contributed by atoms with van der Waals surface area (Å²) in [5.41, 5.74) is 1.29. The summed E-state index contributed by atoms with van der Waals surface area (Å²) < 4.78 is 2.21. The van der Waals surface area contributed by atoms with E-state index in [0.29, 0.717) is 0 Å². The van der Waals surface area contributed by atoms with Gasteiger partial charge in [0.05, 0.1) is 0 Å². The SMILES string of the molecule is CN=C(NCCc1nccn1Cc1ccccc1)NCCN1CCCCC1.I. The van der Waals surface area contributed by atoms with E-state index in [0.717, 1.165) is 44.4 Å². The minimum atomic E-state index is 0. The molecule has 154 valence electrons. The Hall–Kier alpha value is -1.61. The van der Waals surface area contributed by atoms with Gasteiger partial charge in [-0.3, -0.25) is 4.99 Å². The summed E-state index contributed by atoms with van der Waals surface area (Å²) >= 11 is 0. The Balaban J connectivity index is 0.00000280. The maximum atomic E-state index is 4.51. The van der Waals surface area contributed by atoms with Gasteiger partial charge in [0.1, 0.15) is 5.82 Å². The van der Waals surface area contributed by atoms with Crippen molar-refractivity contribution in [3.8, 4) is 0 Å². The molecule has 28 heavy (non-hydrogen) atoms. The van der Waals surface area contributed by atoms with E-state index in [1.165, 1.54) is 37.9 Å². The molecule has 1 saturated heterocycles. The Morgan fingerprint density at radius 2 is 1.82 bits per heavy atom. The van der Waals surface area contributed by atoms with Crippen LogP contribution in [0.2, 0.25) is 0 Å². The van der Waals surface area contributed by atoms with Gasteiger partial charge in [-0.05, 0) is 31.5 Å². The third-order valence-electron chi connectivity index (χ3n) is 5.03. The monoisotopic (exact) mass is 496 g/mol. The number of halogens is 1. The lowest BCUT2D eigenvalue weighted by Crippen LogP contribution is -2.43. The highest BCUT2D eigenvalue weighted by Gasteiger charge is 2.09. The maximum absolute atomic E-state index is 4.51. The molecule has 0 atom stereocenters. The van der Waals surface area contributed by atoms with E-state index in [1.807, 2.05) is 25.5 Å². The van der Waals surface area contributed by atoms with E-state index in [-0.39, 0.29) is 24.0 Å². The molecule has 3 rings (SSSR count). The van der Waals surface area contributed by atoms with Crippen molar-refractivity contribution < 1.29 is 0 Å². The van der Waals surface area contributed by atoms with Crippen molar-refractivity contribution in [3.63, 3.8) is 0 Å². The van der Waals surface area contributed by atoms with Gasteiger partial charge in [-0.15, -0.1) is 24.0 Å². The first-order valence-corrected chi connectivity index (χ1v) is 10.1. The molecule has 2 heterocycles. The lowest BCUT2D eigenvalue weighted by Gasteiger charge is -2.26. The molecule has 7 heteroatoms. The third kappa shape index (κ3) is 7.43. The highest BCUT2D eigenvalue weighted by Crippen LogP contribution is 2.07. The molecule has 0 saturated carbocycles. The van der Waals surface area contributed by atoms with Crippen molar-refractivity contribution >= 4 is 29.9 Å². The Kier molecular flexibility index (Phi) is 10.3. The van der Waals surface area contributed by atoms with Crippen LogP contribution in [0.5, 0.6) is 0 Å². The van der Waals surface area contributed by atoms with E-state index >= 15 is 0 Å². The summed E-state index contributed by atoms with van der Waals surface area (Å²) in [6.45, 7) is 6.16. The summed E-state index contributed by atoms with van der Waals surface area (Å²) in [5, 5.41) is 6.82. The minimum Gasteiger partial charge on any atom is -0.356 e. The van der Waals surface area contributed by atoms with Crippen LogP contribution in [0.15, 0.2) is 47.7 Å². The van der Waals surface area contributed by atoms with Crippen LogP contribution in [-0.4, -0.2) is 60.2 Å². The number of hydrogen-bond acceptors (Lipinski definition) is 3. The Morgan fingerprint density at radius 1 is 1.07 bits per heavy atom. The molecule has 6 nitrogen and oxygen atoms in total. The molecular weight excluding hydrogens is 463 g/mol. The molecule has 2 N–H and O–H groups in total. The lowest BCUT2D eigenvalue weighted by atomic mass is 10.1. The Morgan fingerprint density at radius 3 is 2.57 bits per heavy atom. The quantitative estimate of drug-likeness (QED) is 0.335. The van der Waals surface area contributed by atoms with Crippen LogP contribution in [0, 0.1) is 0 Å². The number of aliphatic imine (C=N–C) groups is 1. The number of guanidine groups is 1. The van der Waals surface area contributed by atoms with Gasteiger partial charge < -0.3 is 20.1 Å². The van der Waals surface area contributed by atoms with E-state index in [4.69, 9.17) is 0 Å². The van der Waals surface area contributed by atoms with Gasteiger partial charge in [0, 0.05) is 52.0 Å². The van der Waals surface area contributed by atoms with E-state index in [9.17, 15) is 0 Å². The number of imidazole rings is 1. The molecule has 0 unspecified atom stereocenters. The number of nitrogens with zero attached hydrogens (tertiary/aromatic N) is 4. The van der Waals surface area contributed by atoms with Crippen molar-refractivity contribution in [2.75, 3.05) is 39.8 Å². The number of nitrogens with one attached hydrogen (secondary N) is 2. The number of benzene rings is 1. The van der Waals surface area contributed by atoms with Gasteiger partial charge in [-0.2, -0.15) is 0 Å². The molecule has 0 amide bonds. The molecule has 0 bridgehead atoms. The molecule has 1 aliphatic rings. The molecular formula is C21H33IN6. The second kappa shape index (κ2) is 12.8. The summed E-state index contributed by atoms with van der Waals surface area (Å²) in [5.74, 6) is 1.96. The molecule has 0 aliphatic carbocycles. The van der Waals surface area contributed by atoms with Gasteiger partial charge in [0.25, 0.3) is 0 Å². The first-order valence-electron chi connectivity index (χ1n) is 10.1. The van der Waals surface area contributed by atoms with Crippen molar-refractivity contribution in [1.82, 2.24) is 25.1 Å². The fourth-order valence-corrected chi connectivity index (χ4v) is 3.52. The summed E-state index contributed by atoms with van der Waals surface area (Å²) in [4.78, 5) is 11.4. The average Bonchev–Trinajstić information content (AvgIpc) is 3.15. The predicted octanol–water partition coefficient (Wildman–Crippen LogP) is 2.74. The van der Waals surface area contributed by atoms with Gasteiger partial charge >= 0.3 is 0 Å². The Bertz CT molecular complexity index is 694. The fourth-order valence-electron chi connectivity index (χ4n) is 3.52. The first-order chi connectivity index (χ1) is 13.3. The van der Waals surface area contributed by atoms with Crippen LogP contribution in [-0.2, 0) is 13.0 Å². The smallest absolute Gasteiger partial charge is 0.191 e. The van der Waals surface area contributed by atoms with Crippen LogP contribution in [0.3, 0.4) is 0 Å². The topological polar surface area (TPSA) is 57.5 Å². The second-order valence-corrected chi connectivity index (χ2v) is 7.04. The lowest BCUT2D eigenvalue weighted by molar-refractivity contribution is 0.232. The van der Waals surface area contributed by atoms with Crippen LogP contribution < -0.4 is 10.6 Å². The van der Waals surface area contributed by atoms with Gasteiger partial charge in [0.15, 0.2) is 5.96 Å². The van der Waals surface area contributed by atoms with Gasteiger partial charge in [0.2, 0.25) is 0 Å². The number of rotatable bonds is 8. The van der Waals surface area contributed by atoms with Crippen LogP contribution in [0.25, 0.3) is 0 Å². The van der Waals surface area contributed by atoms with E-state index < -0.39 is 0 Å². The second-order valence-electron chi connectivity index (χ2n) is 7.04. The third-order valence-corrected chi connectivity index (χ3v) is 5.03. The maximum Gasteiger partial charge on any atom is 0.191 e.